The number of halogens is 1. The summed E-state index contributed by atoms with van der Waals surface area (Å²) in [5.74, 6) is 1.10. The second-order valence-corrected chi connectivity index (χ2v) is 4.07. The number of nitrogens with zero attached hydrogens (tertiary/aromatic N) is 2. The predicted octanol–water partition coefficient (Wildman–Crippen LogP) is 2.79. The lowest BCUT2D eigenvalue weighted by molar-refractivity contribution is 0.413. The number of benzene rings is 1. The maximum absolute atomic E-state index is 5.91. The molecule has 2 aromatic rings. The first-order chi connectivity index (χ1) is 8.81. The van der Waals surface area contributed by atoms with Crippen molar-refractivity contribution in [3.63, 3.8) is 0 Å². The van der Waals surface area contributed by atoms with Crippen molar-refractivity contribution < 1.29 is 4.74 Å². The highest BCUT2D eigenvalue weighted by Crippen LogP contribution is 2.28. The molecule has 0 aliphatic heterocycles. The van der Waals surface area contributed by atoms with Gasteiger partial charge in [-0.05, 0) is 12.0 Å². The number of hydrogen-bond donors (Lipinski definition) is 1. The zero-order valence-corrected chi connectivity index (χ0v) is 10.8. The first kappa shape index (κ1) is 12.6. The minimum absolute atomic E-state index is 0.315. The third-order valence-electron chi connectivity index (χ3n) is 2.51. The highest BCUT2D eigenvalue weighted by molar-refractivity contribution is 6.31. The number of anilines is 1. The van der Waals surface area contributed by atoms with Crippen LogP contribution in [0.2, 0.25) is 5.15 Å². The Morgan fingerprint density at radius 2 is 2.00 bits per heavy atom. The second kappa shape index (κ2) is 6.21. The van der Waals surface area contributed by atoms with Gasteiger partial charge < -0.3 is 10.1 Å². The molecule has 0 saturated heterocycles. The molecule has 18 heavy (non-hydrogen) atoms. The Hall–Kier alpha value is -1.81. The van der Waals surface area contributed by atoms with E-state index < -0.39 is 0 Å². The Morgan fingerprint density at radius 1 is 1.22 bits per heavy atom. The van der Waals surface area contributed by atoms with E-state index in [0.717, 1.165) is 13.0 Å². The number of nitrogens with one attached hydrogen (secondary N) is 1. The molecule has 0 spiro atoms. The third-order valence-corrected chi connectivity index (χ3v) is 2.78. The fourth-order valence-corrected chi connectivity index (χ4v) is 1.84. The van der Waals surface area contributed by atoms with Crippen molar-refractivity contribution in [3.05, 3.63) is 47.4 Å². The van der Waals surface area contributed by atoms with E-state index in [1.807, 2.05) is 18.2 Å². The Morgan fingerprint density at radius 3 is 2.72 bits per heavy atom. The minimum Gasteiger partial charge on any atom is -0.490 e. The molecule has 1 aromatic heterocycles. The highest BCUT2D eigenvalue weighted by atomic mass is 35.5. The van der Waals surface area contributed by atoms with Crippen LogP contribution in [-0.4, -0.2) is 23.6 Å². The average Bonchev–Trinajstić information content (AvgIpc) is 2.40. The summed E-state index contributed by atoms with van der Waals surface area (Å²) in [6, 6.07) is 10.2. The van der Waals surface area contributed by atoms with E-state index in [4.69, 9.17) is 16.3 Å². The van der Waals surface area contributed by atoms with Crippen molar-refractivity contribution in [3.8, 4) is 5.75 Å². The first-order valence-corrected chi connectivity index (χ1v) is 6.01. The summed E-state index contributed by atoms with van der Waals surface area (Å²) in [6.07, 6.45) is 2.32. The zero-order chi connectivity index (χ0) is 12.8. The van der Waals surface area contributed by atoms with Crippen LogP contribution in [0.4, 0.5) is 5.82 Å². The molecule has 0 fully saturated rings. The summed E-state index contributed by atoms with van der Waals surface area (Å²) in [6.45, 7) is 0.758. The average molecular weight is 264 g/mol. The maximum Gasteiger partial charge on any atom is 0.198 e. The van der Waals surface area contributed by atoms with E-state index in [1.165, 1.54) is 11.9 Å². The molecule has 0 saturated carbocycles. The van der Waals surface area contributed by atoms with Gasteiger partial charge in [0.2, 0.25) is 0 Å². The van der Waals surface area contributed by atoms with Gasteiger partial charge in [0.05, 0.1) is 7.11 Å². The molecule has 94 valence electrons. The van der Waals surface area contributed by atoms with Gasteiger partial charge in [0.15, 0.2) is 16.7 Å². The molecular formula is C13H14ClN3O. The molecule has 0 radical (unpaired) electrons. The zero-order valence-electron chi connectivity index (χ0n) is 10.1. The van der Waals surface area contributed by atoms with Crippen LogP contribution < -0.4 is 10.1 Å². The van der Waals surface area contributed by atoms with Crippen molar-refractivity contribution >= 4 is 17.4 Å². The summed E-state index contributed by atoms with van der Waals surface area (Å²) in [7, 11) is 1.55. The smallest absolute Gasteiger partial charge is 0.198 e. The first-order valence-electron chi connectivity index (χ1n) is 5.63. The van der Waals surface area contributed by atoms with E-state index in [1.54, 1.807) is 7.11 Å². The van der Waals surface area contributed by atoms with E-state index in [-0.39, 0.29) is 0 Å². The van der Waals surface area contributed by atoms with Gasteiger partial charge in [0.1, 0.15) is 6.33 Å². The summed E-state index contributed by atoms with van der Waals surface area (Å²) in [4.78, 5) is 7.98. The molecule has 0 unspecified atom stereocenters. The van der Waals surface area contributed by atoms with Gasteiger partial charge in [-0.3, -0.25) is 0 Å². The largest absolute Gasteiger partial charge is 0.490 e. The van der Waals surface area contributed by atoms with Gasteiger partial charge in [0, 0.05) is 6.54 Å². The molecule has 1 aromatic carbocycles. The molecule has 1 N–H and O–H groups in total. The van der Waals surface area contributed by atoms with Crippen LogP contribution in [0.15, 0.2) is 36.7 Å². The van der Waals surface area contributed by atoms with Crippen molar-refractivity contribution in [2.75, 3.05) is 19.0 Å². The molecular weight excluding hydrogens is 250 g/mol. The van der Waals surface area contributed by atoms with Gasteiger partial charge in [-0.1, -0.05) is 41.9 Å². The number of hydrogen-bond acceptors (Lipinski definition) is 4. The quantitative estimate of drug-likeness (QED) is 0.843. The van der Waals surface area contributed by atoms with E-state index in [0.29, 0.717) is 16.7 Å². The van der Waals surface area contributed by atoms with Crippen LogP contribution in [0.5, 0.6) is 5.75 Å². The lowest BCUT2D eigenvalue weighted by atomic mass is 10.1. The standard InChI is InChI=1S/C13H14ClN3O/c1-18-11-12(14)16-9-17-13(11)15-8-7-10-5-3-2-4-6-10/h2-6,9H,7-8H2,1H3,(H,15,16,17). The highest BCUT2D eigenvalue weighted by Gasteiger charge is 2.09. The normalized spacial score (nSPS) is 10.1. The monoisotopic (exact) mass is 263 g/mol. The Labute approximate surface area is 111 Å². The Kier molecular flexibility index (Phi) is 4.36. The van der Waals surface area contributed by atoms with Crippen molar-refractivity contribution in [2.24, 2.45) is 0 Å². The van der Waals surface area contributed by atoms with E-state index >= 15 is 0 Å². The van der Waals surface area contributed by atoms with Gasteiger partial charge in [-0.15, -0.1) is 0 Å². The molecule has 5 heteroatoms. The summed E-state index contributed by atoms with van der Waals surface area (Å²) < 4.78 is 5.16. The fourth-order valence-electron chi connectivity index (χ4n) is 1.63. The SMILES string of the molecule is COc1c(Cl)ncnc1NCCc1ccccc1. The van der Waals surface area contributed by atoms with Gasteiger partial charge in [-0.25, -0.2) is 9.97 Å². The van der Waals surface area contributed by atoms with Crippen molar-refractivity contribution in [2.45, 2.75) is 6.42 Å². The van der Waals surface area contributed by atoms with Crippen LogP contribution in [0.3, 0.4) is 0 Å². The van der Waals surface area contributed by atoms with Crippen molar-refractivity contribution in [1.82, 2.24) is 9.97 Å². The van der Waals surface area contributed by atoms with Crippen LogP contribution >= 0.6 is 11.6 Å². The van der Waals surface area contributed by atoms with Gasteiger partial charge >= 0.3 is 0 Å². The molecule has 0 aliphatic carbocycles. The number of methoxy groups -OCH3 is 1. The van der Waals surface area contributed by atoms with Crippen LogP contribution in [-0.2, 0) is 6.42 Å². The topological polar surface area (TPSA) is 47.0 Å². The van der Waals surface area contributed by atoms with Gasteiger partial charge in [0.25, 0.3) is 0 Å². The van der Waals surface area contributed by atoms with Crippen LogP contribution in [0, 0.1) is 0 Å². The predicted molar refractivity (Wildman–Crippen MR) is 72.2 cm³/mol. The number of rotatable bonds is 5. The van der Waals surface area contributed by atoms with Gasteiger partial charge in [-0.2, -0.15) is 0 Å². The molecule has 4 nitrogen and oxygen atoms in total. The van der Waals surface area contributed by atoms with Crippen LogP contribution in [0.25, 0.3) is 0 Å². The van der Waals surface area contributed by atoms with E-state index in [9.17, 15) is 0 Å². The van der Waals surface area contributed by atoms with E-state index in [2.05, 4.69) is 27.4 Å². The maximum atomic E-state index is 5.91. The Balaban J connectivity index is 1.96. The van der Waals surface area contributed by atoms with Crippen molar-refractivity contribution in [1.29, 1.82) is 0 Å². The summed E-state index contributed by atoms with van der Waals surface area (Å²) in [5.41, 5.74) is 1.27. The lowest BCUT2D eigenvalue weighted by Crippen LogP contribution is -2.08. The molecule has 0 bridgehead atoms. The number of aromatic nitrogens is 2. The summed E-state index contributed by atoms with van der Waals surface area (Å²) >= 11 is 5.91. The fraction of sp³-hybridized carbons (Fsp3) is 0.231. The molecule has 1 heterocycles. The third kappa shape index (κ3) is 3.11. The summed E-state index contributed by atoms with van der Waals surface area (Å²) in [5, 5.41) is 3.51. The minimum atomic E-state index is 0.315. The lowest BCUT2D eigenvalue weighted by Gasteiger charge is -2.10. The number of ether oxygens (including phenoxy) is 1. The molecule has 0 aliphatic rings. The van der Waals surface area contributed by atoms with Crippen LogP contribution in [0.1, 0.15) is 5.56 Å². The Bertz CT molecular complexity index is 505. The second-order valence-electron chi connectivity index (χ2n) is 3.71. The molecule has 2 rings (SSSR count). The molecule has 0 atom stereocenters. The molecule has 0 amide bonds.